The Morgan fingerprint density at radius 2 is 1.69 bits per heavy atom. The van der Waals surface area contributed by atoms with Crippen LogP contribution in [-0.2, 0) is 29.0 Å². The number of carbonyl (C=O) groups is 3. The lowest BCUT2D eigenvalue weighted by Crippen LogP contribution is -2.59. The number of allylic oxidation sites excluding steroid dienone is 1. The van der Waals surface area contributed by atoms with Gasteiger partial charge in [-0.1, -0.05) is 41.4 Å². The smallest absolute Gasteiger partial charge is 0.435 e. The number of methoxy groups -OCH3 is 1. The summed E-state index contributed by atoms with van der Waals surface area (Å²) in [6, 6.07) is -1.20. The van der Waals surface area contributed by atoms with Gasteiger partial charge in [0, 0.05) is 0 Å². The number of rotatable bonds is 8. The van der Waals surface area contributed by atoms with E-state index >= 15 is 0 Å². The summed E-state index contributed by atoms with van der Waals surface area (Å²) in [6.07, 6.45) is 2.98. The summed E-state index contributed by atoms with van der Waals surface area (Å²) in [5.41, 5.74) is 0.780. The van der Waals surface area contributed by atoms with E-state index in [1.54, 1.807) is 6.92 Å². The molecular weight excluding hydrogens is 404 g/mol. The van der Waals surface area contributed by atoms with Gasteiger partial charge in [0.25, 0.3) is 0 Å². The van der Waals surface area contributed by atoms with Crippen molar-refractivity contribution in [3.63, 3.8) is 0 Å². The van der Waals surface area contributed by atoms with Crippen molar-refractivity contribution in [1.82, 2.24) is 9.42 Å². The van der Waals surface area contributed by atoms with Crippen LogP contribution in [0.15, 0.2) is 37.0 Å². The molecule has 2 amide bonds. The van der Waals surface area contributed by atoms with Crippen molar-refractivity contribution >= 4 is 28.2 Å². The third-order valence-corrected chi connectivity index (χ3v) is 5.09. The lowest BCUT2D eigenvalue weighted by Gasteiger charge is -2.38. The molecular formula is C18H26N2O8S. The summed E-state index contributed by atoms with van der Waals surface area (Å²) in [5.74, 6) is -1.62. The summed E-state index contributed by atoms with van der Waals surface area (Å²) >= 11 is 0. The number of nitrogens with zero attached hydrogens (tertiary/aromatic N) is 2. The van der Waals surface area contributed by atoms with Gasteiger partial charge in [-0.2, -0.15) is 0 Å². The third-order valence-electron chi connectivity index (χ3n) is 4.01. The molecule has 0 bridgehead atoms. The van der Waals surface area contributed by atoms with Crippen LogP contribution in [0.1, 0.15) is 19.8 Å². The first-order chi connectivity index (χ1) is 13.6. The Labute approximate surface area is 170 Å². The molecule has 11 heteroatoms. The zero-order valence-corrected chi connectivity index (χ0v) is 17.5. The van der Waals surface area contributed by atoms with Crippen LogP contribution in [0, 0.1) is 5.92 Å². The number of sulfonamides is 1. The second-order valence-electron chi connectivity index (χ2n) is 6.25. The largest absolute Gasteiger partial charge is 0.469 e. The van der Waals surface area contributed by atoms with Crippen molar-refractivity contribution < 1.29 is 37.0 Å². The number of esters is 1. The van der Waals surface area contributed by atoms with Crippen LogP contribution in [0.3, 0.4) is 0 Å². The van der Waals surface area contributed by atoms with E-state index in [2.05, 4.69) is 13.2 Å². The highest BCUT2D eigenvalue weighted by molar-refractivity contribution is 7.88. The molecule has 0 heterocycles. The molecule has 0 spiro atoms. The Kier molecular flexibility index (Phi) is 9.05. The maximum atomic E-state index is 12.6. The lowest BCUT2D eigenvalue weighted by atomic mass is 9.86. The van der Waals surface area contributed by atoms with E-state index in [-0.39, 0.29) is 24.6 Å². The molecule has 0 fully saturated rings. The van der Waals surface area contributed by atoms with Gasteiger partial charge in [-0.25, -0.2) is 18.0 Å². The molecule has 0 radical (unpaired) electrons. The molecule has 0 aromatic carbocycles. The van der Waals surface area contributed by atoms with Crippen LogP contribution in [0.25, 0.3) is 0 Å². The molecule has 2 atom stereocenters. The predicted molar refractivity (Wildman–Crippen MR) is 104 cm³/mol. The third kappa shape index (κ3) is 6.43. The Hall–Kier alpha value is -2.66. The minimum absolute atomic E-state index is 0.220. The molecule has 0 saturated heterocycles. The van der Waals surface area contributed by atoms with Crippen molar-refractivity contribution in [2.45, 2.75) is 25.8 Å². The number of ether oxygens (including phenoxy) is 3. The Morgan fingerprint density at radius 3 is 2.10 bits per heavy atom. The minimum Gasteiger partial charge on any atom is -0.469 e. The van der Waals surface area contributed by atoms with Gasteiger partial charge in [-0.05, 0) is 19.8 Å². The summed E-state index contributed by atoms with van der Waals surface area (Å²) in [7, 11) is -3.08. The van der Waals surface area contributed by atoms with Crippen LogP contribution >= 0.6 is 0 Å². The second-order valence-corrected chi connectivity index (χ2v) is 8.09. The molecule has 1 rings (SSSR count). The van der Waals surface area contributed by atoms with E-state index in [4.69, 9.17) is 14.2 Å². The van der Waals surface area contributed by atoms with Gasteiger partial charge in [0.15, 0.2) is 0 Å². The molecule has 29 heavy (non-hydrogen) atoms. The fourth-order valence-electron chi connectivity index (χ4n) is 2.79. The first-order valence-electron chi connectivity index (χ1n) is 8.68. The summed E-state index contributed by atoms with van der Waals surface area (Å²) in [6.45, 7) is 7.99. The Balaban J connectivity index is 3.54. The second kappa shape index (κ2) is 10.8. The van der Waals surface area contributed by atoms with Crippen molar-refractivity contribution in [3.8, 4) is 0 Å². The normalized spacial score (nSPS) is 19.0. The molecule has 0 aliphatic heterocycles. The predicted octanol–water partition coefficient (Wildman–Crippen LogP) is 2.01. The van der Waals surface area contributed by atoms with Crippen LogP contribution in [0.5, 0.6) is 0 Å². The molecule has 0 unspecified atom stereocenters. The number of hydrazine groups is 1. The topological polar surface area (TPSA) is 120 Å². The highest BCUT2D eigenvalue weighted by atomic mass is 32.2. The van der Waals surface area contributed by atoms with E-state index in [0.717, 1.165) is 11.8 Å². The SMILES string of the molecule is C=CCOC(=O)N(C(=O)OCC=C)N([C@H]1C=C(C)CC[C@H]1C(=O)OC)S(C)(=O)=O. The molecule has 10 nitrogen and oxygen atoms in total. The lowest BCUT2D eigenvalue weighted by molar-refractivity contribution is -0.148. The van der Waals surface area contributed by atoms with Gasteiger partial charge in [0.2, 0.25) is 10.0 Å². The van der Waals surface area contributed by atoms with Crippen LogP contribution < -0.4 is 0 Å². The first kappa shape index (κ1) is 24.4. The summed E-state index contributed by atoms with van der Waals surface area (Å²) in [4.78, 5) is 37.4. The highest BCUT2D eigenvalue weighted by Crippen LogP contribution is 2.31. The number of hydrogen-bond acceptors (Lipinski definition) is 8. The highest BCUT2D eigenvalue weighted by Gasteiger charge is 2.46. The van der Waals surface area contributed by atoms with Gasteiger partial charge < -0.3 is 14.2 Å². The van der Waals surface area contributed by atoms with Crippen LogP contribution in [0.4, 0.5) is 9.59 Å². The van der Waals surface area contributed by atoms with E-state index in [0.29, 0.717) is 10.8 Å². The van der Waals surface area contributed by atoms with Gasteiger partial charge in [-0.15, -0.1) is 5.01 Å². The fourth-order valence-corrected chi connectivity index (χ4v) is 3.87. The first-order valence-corrected chi connectivity index (χ1v) is 10.5. The van der Waals surface area contributed by atoms with E-state index < -0.39 is 40.1 Å². The molecule has 0 aromatic heterocycles. The van der Waals surface area contributed by atoms with Gasteiger partial charge in [-0.3, -0.25) is 4.79 Å². The van der Waals surface area contributed by atoms with E-state index in [1.165, 1.54) is 25.3 Å². The molecule has 1 aliphatic rings. The monoisotopic (exact) mass is 430 g/mol. The maximum absolute atomic E-state index is 12.6. The average molecular weight is 430 g/mol. The molecule has 1 aliphatic carbocycles. The summed E-state index contributed by atoms with van der Waals surface area (Å²) in [5, 5.41) is 0.220. The number of amides is 2. The Bertz CT molecular complexity index is 766. The maximum Gasteiger partial charge on any atom is 0.435 e. The van der Waals surface area contributed by atoms with Crippen molar-refractivity contribution in [2.24, 2.45) is 5.92 Å². The zero-order valence-electron chi connectivity index (χ0n) is 16.7. The van der Waals surface area contributed by atoms with Gasteiger partial charge >= 0.3 is 18.2 Å². The number of imide groups is 1. The van der Waals surface area contributed by atoms with E-state index in [1.807, 2.05) is 0 Å². The van der Waals surface area contributed by atoms with Crippen LogP contribution in [0.2, 0.25) is 0 Å². The zero-order chi connectivity index (χ0) is 22.2. The number of carbonyl (C=O) groups excluding carboxylic acids is 3. The van der Waals surface area contributed by atoms with Gasteiger partial charge in [0.05, 0.1) is 25.3 Å². The molecule has 0 N–H and O–H groups in total. The van der Waals surface area contributed by atoms with Crippen molar-refractivity contribution in [3.05, 3.63) is 37.0 Å². The van der Waals surface area contributed by atoms with Crippen LogP contribution in [-0.4, -0.2) is 68.6 Å². The standard InChI is InChI=1S/C18H26N2O8S/c1-6-10-27-17(22)19(18(23)28-11-7-2)20(29(5,24)25)15-12-13(3)8-9-14(15)16(21)26-4/h6-7,12,14-15H,1-2,8-11H2,3-5H3/t14-,15+/m1/s1. The van der Waals surface area contributed by atoms with E-state index in [9.17, 15) is 22.8 Å². The average Bonchev–Trinajstić information content (AvgIpc) is 2.66. The number of hydrogen-bond donors (Lipinski definition) is 0. The summed E-state index contributed by atoms with van der Waals surface area (Å²) < 4.78 is 40.3. The molecule has 0 aromatic rings. The van der Waals surface area contributed by atoms with Crippen molar-refractivity contribution in [1.29, 1.82) is 0 Å². The van der Waals surface area contributed by atoms with Crippen molar-refractivity contribution in [2.75, 3.05) is 26.6 Å². The van der Waals surface area contributed by atoms with Gasteiger partial charge in [0.1, 0.15) is 13.2 Å². The minimum atomic E-state index is -4.25. The fraction of sp³-hybridized carbons (Fsp3) is 0.500. The molecule has 162 valence electrons. The quantitative estimate of drug-likeness (QED) is 0.248. The molecule has 0 saturated carbocycles. The Morgan fingerprint density at radius 1 is 1.17 bits per heavy atom.